The minimum atomic E-state index is -2.55. The second-order valence-electron chi connectivity index (χ2n) is 31.8. The Kier molecular flexibility index (Phi) is 40.6. The first-order valence-corrected chi connectivity index (χ1v) is 45.1. The van der Waals surface area contributed by atoms with Crippen LogP contribution in [0.4, 0.5) is 0 Å². The zero-order valence-electron chi connectivity index (χ0n) is 62.6. The molecule has 2 heterocycles. The Morgan fingerprint density at radius 3 is 1.27 bits per heavy atom. The fourth-order valence-electron chi connectivity index (χ4n) is 13.4. The van der Waals surface area contributed by atoms with Crippen LogP contribution in [-0.2, 0) is 50.5 Å². The van der Waals surface area contributed by atoms with E-state index in [4.69, 9.17) is 32.5 Å². The molecule has 2 aliphatic rings. The highest BCUT2D eigenvalue weighted by molar-refractivity contribution is 6.74. The van der Waals surface area contributed by atoms with E-state index in [1.165, 1.54) is 193 Å². The van der Waals surface area contributed by atoms with Gasteiger partial charge in [0.15, 0.2) is 22.9 Å². The van der Waals surface area contributed by atoms with Gasteiger partial charge in [0.05, 0.1) is 44.2 Å². The van der Waals surface area contributed by atoms with Crippen molar-refractivity contribution in [2.45, 2.75) is 404 Å². The summed E-state index contributed by atoms with van der Waals surface area (Å²) in [7, 11) is -4.97. The predicted molar refractivity (Wildman–Crippen MR) is 402 cm³/mol. The van der Waals surface area contributed by atoms with Crippen molar-refractivity contribution in [1.29, 1.82) is 0 Å². The summed E-state index contributed by atoms with van der Waals surface area (Å²) in [6.45, 7) is 29.2. The lowest BCUT2D eigenvalue weighted by molar-refractivity contribution is -0.341. The van der Waals surface area contributed by atoms with Crippen LogP contribution >= 0.6 is 0 Å². The largest absolute Gasteiger partial charge is 0.411 e. The Morgan fingerprint density at radius 2 is 0.851 bits per heavy atom. The molecule has 2 saturated heterocycles. The van der Waals surface area contributed by atoms with Crippen LogP contribution in [0.25, 0.3) is 0 Å². The highest BCUT2D eigenvalue weighted by atomic mass is 28.4. The van der Waals surface area contributed by atoms with Crippen LogP contribution in [0.1, 0.15) is 322 Å². The zero-order valence-corrected chi connectivity index (χ0v) is 64.6. The molecule has 536 valence electrons. The number of hydrogen-bond donors (Lipinski definition) is 1. The quantitative estimate of drug-likeness (QED) is 0.0441. The van der Waals surface area contributed by atoms with E-state index in [-0.39, 0.29) is 22.1 Å². The van der Waals surface area contributed by atoms with Crippen LogP contribution < -0.4 is 5.32 Å². The third-order valence-electron chi connectivity index (χ3n) is 21.5. The first kappa shape index (κ1) is 82.0. The molecule has 9 atom stereocenters. The van der Waals surface area contributed by atoms with E-state index in [1.54, 1.807) is 0 Å². The minimum Gasteiger partial charge on any atom is -0.411 e. The SMILES string of the molecule is CCCCCCCCCCCCCCCCCCCCCCCCCC(=O)N[C@@H](C[C@H]1O[C@@H]2COC(c3ccccc3)O[C@@H]2[C@H](OCc2ccccc2)[C@H]1OCc1ccccc1)[C@H](O[Si](C)(C)C(C)(C)C)[C@@H](CCCCCCCCCCCCCC)O[Si](C)(C)C(C)(C)C. The second kappa shape index (κ2) is 46.6. The van der Waals surface area contributed by atoms with Gasteiger partial charge in [0.25, 0.3) is 0 Å². The maximum absolute atomic E-state index is 15.1. The number of amides is 1. The molecule has 5 rings (SSSR count). The lowest BCUT2D eigenvalue weighted by atomic mass is 9.87. The zero-order chi connectivity index (χ0) is 67.8. The van der Waals surface area contributed by atoms with Crippen molar-refractivity contribution in [1.82, 2.24) is 5.32 Å². The average molecular weight is 1340 g/mol. The van der Waals surface area contributed by atoms with Gasteiger partial charge in [0.2, 0.25) is 5.91 Å². The van der Waals surface area contributed by atoms with Gasteiger partial charge >= 0.3 is 0 Å². The van der Waals surface area contributed by atoms with Gasteiger partial charge in [-0.25, -0.2) is 0 Å². The van der Waals surface area contributed by atoms with E-state index in [2.05, 4.69) is 148 Å². The molecular formula is C83H143NO8Si2. The van der Waals surface area contributed by atoms with E-state index in [0.29, 0.717) is 32.7 Å². The lowest BCUT2D eigenvalue weighted by Gasteiger charge is -2.51. The van der Waals surface area contributed by atoms with Crippen LogP contribution in [-0.4, -0.2) is 77.9 Å². The van der Waals surface area contributed by atoms with Crippen molar-refractivity contribution in [3.63, 3.8) is 0 Å². The van der Waals surface area contributed by atoms with Crippen molar-refractivity contribution in [3.05, 3.63) is 108 Å². The smallest absolute Gasteiger partial charge is 0.220 e. The fourth-order valence-corrected chi connectivity index (χ4v) is 16.1. The van der Waals surface area contributed by atoms with Gasteiger partial charge in [0, 0.05) is 12.0 Å². The van der Waals surface area contributed by atoms with Crippen molar-refractivity contribution < 1.29 is 37.3 Å². The first-order valence-electron chi connectivity index (χ1n) is 39.3. The van der Waals surface area contributed by atoms with E-state index in [1.807, 2.05) is 30.3 Å². The first-order chi connectivity index (χ1) is 45.3. The third-order valence-corrected chi connectivity index (χ3v) is 30.5. The predicted octanol–water partition coefficient (Wildman–Crippen LogP) is 24.2. The normalized spacial score (nSPS) is 19.8. The van der Waals surface area contributed by atoms with Gasteiger partial charge in [-0.15, -0.1) is 0 Å². The molecule has 1 amide bonds. The Bertz CT molecular complexity index is 2330. The summed E-state index contributed by atoms with van der Waals surface area (Å²) in [6, 6.07) is 30.5. The van der Waals surface area contributed by atoms with Gasteiger partial charge in [-0.1, -0.05) is 365 Å². The summed E-state index contributed by atoms with van der Waals surface area (Å²) in [5, 5.41) is 3.62. The van der Waals surface area contributed by atoms with E-state index >= 15 is 4.79 Å². The van der Waals surface area contributed by atoms with E-state index in [0.717, 1.165) is 55.2 Å². The molecule has 0 bridgehead atoms. The van der Waals surface area contributed by atoms with Gasteiger partial charge in [-0.05, 0) is 66.7 Å². The second-order valence-corrected chi connectivity index (χ2v) is 41.3. The molecule has 1 N–H and O–H groups in total. The van der Waals surface area contributed by atoms with Gasteiger partial charge < -0.3 is 37.9 Å². The highest BCUT2D eigenvalue weighted by Crippen LogP contribution is 2.44. The van der Waals surface area contributed by atoms with Gasteiger partial charge in [-0.2, -0.15) is 0 Å². The topological polar surface area (TPSA) is 93.7 Å². The van der Waals surface area contributed by atoms with E-state index in [9.17, 15) is 0 Å². The highest BCUT2D eigenvalue weighted by Gasteiger charge is 2.54. The average Bonchev–Trinajstić information content (AvgIpc) is 0.771. The van der Waals surface area contributed by atoms with Crippen LogP contribution in [0.15, 0.2) is 91.0 Å². The molecule has 3 aromatic carbocycles. The number of unbranched alkanes of at least 4 members (excludes halogenated alkanes) is 33. The standard InChI is InChI=1S/C83H143NO8Si2/c1-13-15-17-19-21-23-25-27-28-29-30-31-32-33-34-35-36-37-39-41-43-45-56-64-76(85)84-72(77(92-94(11,12)83(6,7)8)73(91-93(9,10)82(3,4)5)63-55-44-42-40-38-26-24-22-20-18-16-14-2)65-74-78(86-66-69-57-49-46-50-58-69)80(87-67-70-59-51-47-52-60-70)79-75(89-74)68-88-81(90-79)71-61-53-48-54-62-71/h46-54,57-62,72-75,77-81H,13-45,55-56,63-68H2,1-12H3,(H,84,85)/t72-,73+,74+,75+,77-,78-,79-,80+,81?/m0/s1. The molecule has 0 aliphatic carbocycles. The minimum absolute atomic E-state index is 0.0482. The number of rotatable bonds is 53. The van der Waals surface area contributed by atoms with Gasteiger partial charge in [-0.3, -0.25) is 4.79 Å². The van der Waals surface area contributed by atoms with Gasteiger partial charge in [0.1, 0.15) is 24.4 Å². The van der Waals surface area contributed by atoms with Crippen molar-refractivity contribution >= 4 is 22.5 Å². The van der Waals surface area contributed by atoms with Crippen molar-refractivity contribution in [3.8, 4) is 0 Å². The molecule has 0 saturated carbocycles. The third kappa shape index (κ3) is 32.1. The molecule has 1 unspecified atom stereocenters. The Labute approximate surface area is 580 Å². The number of fused-ring (bicyclic) bond motifs is 1. The summed E-state index contributed by atoms with van der Waals surface area (Å²) in [4.78, 5) is 15.1. The molecule has 0 aromatic heterocycles. The number of carbonyl (C=O) groups is 1. The molecule has 94 heavy (non-hydrogen) atoms. The van der Waals surface area contributed by atoms with Crippen LogP contribution in [0.3, 0.4) is 0 Å². The summed E-state index contributed by atoms with van der Waals surface area (Å²) in [6.07, 6.45) is 44.1. The lowest BCUT2D eigenvalue weighted by Crippen LogP contribution is -2.65. The molecule has 2 aliphatic heterocycles. The Balaban J connectivity index is 1.35. The summed E-state index contributed by atoms with van der Waals surface area (Å²) < 4.78 is 51.4. The summed E-state index contributed by atoms with van der Waals surface area (Å²) in [5.74, 6) is 0.0659. The van der Waals surface area contributed by atoms with Crippen molar-refractivity contribution in [2.24, 2.45) is 0 Å². The Morgan fingerprint density at radius 1 is 0.479 bits per heavy atom. The van der Waals surface area contributed by atoms with Crippen LogP contribution in [0.2, 0.25) is 36.3 Å². The molecular weight excluding hydrogens is 1200 g/mol. The molecule has 2 fully saturated rings. The molecule has 3 aromatic rings. The summed E-state index contributed by atoms with van der Waals surface area (Å²) >= 11 is 0. The number of benzene rings is 3. The number of hydrogen-bond acceptors (Lipinski definition) is 8. The maximum atomic E-state index is 15.1. The maximum Gasteiger partial charge on any atom is 0.220 e. The van der Waals surface area contributed by atoms with Crippen molar-refractivity contribution in [2.75, 3.05) is 6.61 Å². The summed E-state index contributed by atoms with van der Waals surface area (Å²) in [5.41, 5.74) is 3.07. The number of ether oxygens (including phenoxy) is 5. The van der Waals surface area contributed by atoms with Crippen LogP contribution in [0, 0.1) is 0 Å². The fraction of sp³-hybridized carbons (Fsp3) is 0.771. The monoisotopic (exact) mass is 1340 g/mol. The number of nitrogens with one attached hydrogen (secondary N) is 1. The van der Waals surface area contributed by atoms with E-state index < -0.39 is 65.6 Å². The van der Waals surface area contributed by atoms with Crippen LogP contribution in [0.5, 0.6) is 0 Å². The molecule has 11 heteroatoms. The Hall–Kier alpha value is -2.72. The molecule has 9 nitrogen and oxygen atoms in total. The molecule has 0 spiro atoms. The number of carbonyl (C=O) groups excluding carboxylic acids is 1. The molecule has 0 radical (unpaired) electrons.